The van der Waals surface area contributed by atoms with E-state index in [4.69, 9.17) is 14.2 Å². The molecule has 0 saturated heterocycles. The lowest BCUT2D eigenvalue weighted by atomic mass is 9.57. The van der Waals surface area contributed by atoms with Crippen molar-refractivity contribution in [1.29, 1.82) is 0 Å². The third kappa shape index (κ3) is 4.71. The van der Waals surface area contributed by atoms with Gasteiger partial charge in [-0.05, 0) is 43.9 Å². The molecule has 6 atom stereocenters. The normalized spacial score (nSPS) is 35.5. The zero-order chi connectivity index (χ0) is 20.4. The molecule has 0 N–H and O–H groups in total. The van der Waals surface area contributed by atoms with Crippen LogP contribution in [0.15, 0.2) is 12.2 Å². The van der Waals surface area contributed by atoms with Crippen molar-refractivity contribution in [3.8, 4) is 0 Å². The predicted molar refractivity (Wildman–Crippen MR) is 99.6 cm³/mol. The van der Waals surface area contributed by atoms with Crippen molar-refractivity contribution in [3.63, 3.8) is 0 Å². The Labute approximate surface area is 161 Å². The molecule has 0 aromatic carbocycles. The van der Waals surface area contributed by atoms with Crippen LogP contribution in [0.25, 0.3) is 0 Å². The Morgan fingerprint density at radius 3 is 2.15 bits per heavy atom. The van der Waals surface area contributed by atoms with E-state index in [1.165, 1.54) is 20.8 Å². The molecule has 2 rings (SSSR count). The molecule has 27 heavy (non-hydrogen) atoms. The molecule has 0 bridgehead atoms. The van der Waals surface area contributed by atoms with Crippen LogP contribution in [0.2, 0.25) is 0 Å². The van der Waals surface area contributed by atoms with Gasteiger partial charge in [0.1, 0.15) is 12.2 Å². The van der Waals surface area contributed by atoms with E-state index in [9.17, 15) is 14.4 Å². The highest BCUT2D eigenvalue weighted by Gasteiger charge is 2.58. The number of hydrogen-bond acceptors (Lipinski definition) is 6. The molecule has 0 radical (unpaired) electrons. The summed E-state index contributed by atoms with van der Waals surface area (Å²) >= 11 is 0. The van der Waals surface area contributed by atoms with E-state index in [-0.39, 0.29) is 35.8 Å². The number of hydrogen-bond donors (Lipinski definition) is 0. The molecular weight excluding hydrogens is 348 g/mol. The number of ether oxygens (including phenoxy) is 3. The molecule has 1 spiro atoms. The topological polar surface area (TPSA) is 78.9 Å². The maximum absolute atomic E-state index is 11.7. The van der Waals surface area contributed by atoms with Crippen molar-refractivity contribution in [1.82, 2.24) is 0 Å². The van der Waals surface area contributed by atoms with Gasteiger partial charge in [-0.15, -0.1) is 0 Å². The highest BCUT2D eigenvalue weighted by Crippen LogP contribution is 2.59. The SMILES string of the molecule is C=C(C)[C@@H]1CC[C@@]2(C1)[C@@H](COC(C)=O)C[C@@H](OC(C)=O)[C@H](OC(C)=O)[C@H]2C. The van der Waals surface area contributed by atoms with Gasteiger partial charge >= 0.3 is 17.9 Å². The van der Waals surface area contributed by atoms with Crippen molar-refractivity contribution in [3.05, 3.63) is 12.2 Å². The molecule has 0 aromatic heterocycles. The highest BCUT2D eigenvalue weighted by atomic mass is 16.6. The fraction of sp³-hybridized carbons (Fsp3) is 0.762. The van der Waals surface area contributed by atoms with Gasteiger partial charge in [-0.25, -0.2) is 0 Å². The summed E-state index contributed by atoms with van der Waals surface area (Å²) in [6, 6.07) is 0. The van der Waals surface area contributed by atoms with Gasteiger partial charge in [0, 0.05) is 32.6 Å². The van der Waals surface area contributed by atoms with Gasteiger partial charge in [0.25, 0.3) is 0 Å². The van der Waals surface area contributed by atoms with E-state index in [1.54, 1.807) is 0 Å². The fourth-order valence-corrected chi connectivity index (χ4v) is 5.13. The maximum atomic E-state index is 11.7. The van der Waals surface area contributed by atoms with Crippen LogP contribution in [0.3, 0.4) is 0 Å². The van der Waals surface area contributed by atoms with Crippen LogP contribution in [0.1, 0.15) is 60.3 Å². The molecule has 0 aromatic rings. The number of carbonyl (C=O) groups is 3. The lowest BCUT2D eigenvalue weighted by Crippen LogP contribution is -2.55. The molecule has 2 fully saturated rings. The second kappa shape index (κ2) is 8.44. The second-order valence-corrected chi connectivity index (χ2v) is 8.27. The average molecular weight is 380 g/mol. The summed E-state index contributed by atoms with van der Waals surface area (Å²) in [5.41, 5.74) is 1.01. The van der Waals surface area contributed by atoms with Crippen LogP contribution in [0.4, 0.5) is 0 Å². The molecular formula is C21H32O6. The Kier molecular flexibility index (Phi) is 6.71. The first-order valence-corrected chi connectivity index (χ1v) is 9.70. The summed E-state index contributed by atoms with van der Waals surface area (Å²) in [7, 11) is 0. The Morgan fingerprint density at radius 2 is 1.67 bits per heavy atom. The number of esters is 3. The van der Waals surface area contributed by atoms with Crippen LogP contribution in [-0.4, -0.2) is 36.7 Å². The third-order valence-corrected chi connectivity index (χ3v) is 6.48. The third-order valence-electron chi connectivity index (χ3n) is 6.48. The summed E-state index contributed by atoms with van der Waals surface area (Å²) in [6.07, 6.45) is 2.36. The van der Waals surface area contributed by atoms with E-state index >= 15 is 0 Å². The Hall–Kier alpha value is -1.85. The summed E-state index contributed by atoms with van der Waals surface area (Å²) in [6.45, 7) is 12.6. The van der Waals surface area contributed by atoms with Crippen LogP contribution >= 0.6 is 0 Å². The molecule has 6 nitrogen and oxygen atoms in total. The van der Waals surface area contributed by atoms with E-state index in [1.807, 2.05) is 6.92 Å². The van der Waals surface area contributed by atoms with Crippen LogP contribution in [-0.2, 0) is 28.6 Å². The number of rotatable bonds is 5. The maximum Gasteiger partial charge on any atom is 0.303 e. The predicted octanol–water partition coefficient (Wildman–Crippen LogP) is 3.43. The number of allylic oxidation sites excluding steroid dienone is 1. The molecule has 2 saturated carbocycles. The van der Waals surface area contributed by atoms with Gasteiger partial charge in [0.2, 0.25) is 0 Å². The standard InChI is InChI=1S/C21H32O6/c1-12(2)17-7-8-21(10-17)13(3)20(27-16(6)24)19(26-15(5)23)9-18(21)11-25-14(4)22/h13,17-20H,1,7-11H2,2-6H3/t13-,17-,18-,19-,20-,21+/m1/s1. The van der Waals surface area contributed by atoms with Crippen molar-refractivity contribution in [2.75, 3.05) is 6.61 Å². The summed E-state index contributed by atoms with van der Waals surface area (Å²) < 4.78 is 16.5. The highest BCUT2D eigenvalue weighted by molar-refractivity contribution is 5.67. The Morgan fingerprint density at radius 1 is 1.04 bits per heavy atom. The fourth-order valence-electron chi connectivity index (χ4n) is 5.13. The molecule has 0 aliphatic heterocycles. The molecule has 2 aliphatic rings. The largest absolute Gasteiger partial charge is 0.466 e. The minimum atomic E-state index is -0.531. The minimum Gasteiger partial charge on any atom is -0.466 e. The summed E-state index contributed by atoms with van der Waals surface area (Å²) in [4.78, 5) is 34.8. The lowest BCUT2D eigenvalue weighted by molar-refractivity contribution is -0.195. The first-order chi connectivity index (χ1) is 12.6. The van der Waals surface area contributed by atoms with Gasteiger partial charge in [-0.3, -0.25) is 14.4 Å². The quantitative estimate of drug-likeness (QED) is 0.413. The van der Waals surface area contributed by atoms with Gasteiger partial charge in [0.15, 0.2) is 0 Å². The van der Waals surface area contributed by atoms with Crippen molar-refractivity contribution < 1.29 is 28.6 Å². The molecule has 0 unspecified atom stereocenters. The van der Waals surface area contributed by atoms with Gasteiger partial charge in [-0.1, -0.05) is 19.1 Å². The van der Waals surface area contributed by atoms with Crippen molar-refractivity contribution in [2.24, 2.45) is 23.2 Å². The van der Waals surface area contributed by atoms with E-state index in [0.29, 0.717) is 12.3 Å². The first-order valence-electron chi connectivity index (χ1n) is 9.70. The molecule has 152 valence electrons. The van der Waals surface area contributed by atoms with Crippen LogP contribution in [0, 0.1) is 23.2 Å². The van der Waals surface area contributed by atoms with Gasteiger partial charge in [0.05, 0.1) is 6.61 Å². The monoisotopic (exact) mass is 380 g/mol. The van der Waals surface area contributed by atoms with Crippen LogP contribution < -0.4 is 0 Å². The number of carbonyl (C=O) groups excluding carboxylic acids is 3. The van der Waals surface area contributed by atoms with E-state index < -0.39 is 18.2 Å². The molecule has 0 heterocycles. The zero-order valence-electron chi connectivity index (χ0n) is 17.1. The molecule has 0 amide bonds. The van der Waals surface area contributed by atoms with Crippen molar-refractivity contribution in [2.45, 2.75) is 72.5 Å². The van der Waals surface area contributed by atoms with Crippen molar-refractivity contribution >= 4 is 17.9 Å². The minimum absolute atomic E-state index is 0.0237. The zero-order valence-corrected chi connectivity index (χ0v) is 17.1. The Bertz CT molecular complexity index is 608. The van der Waals surface area contributed by atoms with Crippen LogP contribution in [0.5, 0.6) is 0 Å². The van der Waals surface area contributed by atoms with E-state index in [2.05, 4.69) is 13.5 Å². The lowest BCUT2D eigenvalue weighted by Gasteiger charge is -2.52. The Balaban J connectivity index is 2.37. The first kappa shape index (κ1) is 21.5. The summed E-state index contributed by atoms with van der Waals surface area (Å²) in [5.74, 6) is -0.694. The molecule has 2 aliphatic carbocycles. The average Bonchev–Trinajstić information content (AvgIpc) is 2.99. The summed E-state index contributed by atoms with van der Waals surface area (Å²) in [5, 5.41) is 0. The second-order valence-electron chi connectivity index (χ2n) is 8.27. The van der Waals surface area contributed by atoms with Gasteiger partial charge in [-0.2, -0.15) is 0 Å². The van der Waals surface area contributed by atoms with E-state index in [0.717, 1.165) is 24.8 Å². The molecule has 6 heteroatoms. The smallest absolute Gasteiger partial charge is 0.303 e. The van der Waals surface area contributed by atoms with Gasteiger partial charge < -0.3 is 14.2 Å².